The lowest BCUT2D eigenvalue weighted by Gasteiger charge is -2.25. The minimum Gasteiger partial charge on any atom is -0.379 e. The van der Waals surface area contributed by atoms with E-state index in [1.54, 1.807) is 18.0 Å². The van der Waals surface area contributed by atoms with Gasteiger partial charge in [-0.05, 0) is 35.7 Å². The highest BCUT2D eigenvalue weighted by Gasteiger charge is 2.42. The number of nitrogens with one attached hydrogen (secondary N) is 1. The summed E-state index contributed by atoms with van der Waals surface area (Å²) < 4.78 is 10.9. The molecule has 1 N–H and O–H groups in total. The molecule has 2 unspecified atom stereocenters. The molecule has 0 aliphatic carbocycles. The van der Waals surface area contributed by atoms with Crippen LogP contribution in [0, 0.1) is 5.92 Å². The molecule has 7 heteroatoms. The van der Waals surface area contributed by atoms with Crippen molar-refractivity contribution in [3.63, 3.8) is 0 Å². The molecule has 0 radical (unpaired) electrons. The first-order chi connectivity index (χ1) is 15.0. The van der Waals surface area contributed by atoms with E-state index in [9.17, 15) is 9.59 Å². The van der Waals surface area contributed by atoms with E-state index in [1.807, 2.05) is 49.4 Å². The number of hydrogen-bond donors (Lipinski definition) is 1. The molecule has 1 heterocycles. The fourth-order valence-electron chi connectivity index (χ4n) is 3.85. The number of halogens is 1. The zero-order valence-corrected chi connectivity index (χ0v) is 18.7. The second kappa shape index (κ2) is 11.3. The Balaban J connectivity index is 1.59. The maximum absolute atomic E-state index is 13.0. The molecule has 0 bridgehead atoms. The van der Waals surface area contributed by atoms with Crippen LogP contribution in [0.1, 0.15) is 36.1 Å². The quantitative estimate of drug-likeness (QED) is 0.567. The summed E-state index contributed by atoms with van der Waals surface area (Å²) in [4.78, 5) is 26.9. The van der Waals surface area contributed by atoms with E-state index in [0.717, 1.165) is 16.7 Å². The average molecular weight is 445 g/mol. The van der Waals surface area contributed by atoms with Crippen molar-refractivity contribution in [3.8, 4) is 0 Å². The molecular weight excluding hydrogens is 416 g/mol. The Bertz CT molecular complexity index is 905. The Hall–Kier alpha value is -2.41. The highest BCUT2D eigenvalue weighted by molar-refractivity contribution is 6.30. The number of ether oxygens (including phenoxy) is 2. The van der Waals surface area contributed by atoms with Crippen LogP contribution in [0.4, 0.5) is 0 Å². The van der Waals surface area contributed by atoms with Gasteiger partial charge in [-0.2, -0.15) is 0 Å². The molecule has 2 atom stereocenters. The number of benzene rings is 2. The molecule has 1 aliphatic heterocycles. The third-order valence-electron chi connectivity index (χ3n) is 5.42. The van der Waals surface area contributed by atoms with Crippen LogP contribution in [0.3, 0.4) is 0 Å². The first kappa shape index (κ1) is 23.3. The lowest BCUT2D eigenvalue weighted by Crippen LogP contribution is -2.34. The maximum Gasteiger partial charge on any atom is 0.226 e. The average Bonchev–Trinajstić information content (AvgIpc) is 3.07. The van der Waals surface area contributed by atoms with Crippen LogP contribution >= 0.6 is 11.6 Å². The second-order valence-electron chi connectivity index (χ2n) is 7.60. The van der Waals surface area contributed by atoms with Crippen LogP contribution in [0.5, 0.6) is 0 Å². The van der Waals surface area contributed by atoms with Gasteiger partial charge in [0.1, 0.15) is 0 Å². The van der Waals surface area contributed by atoms with Crippen molar-refractivity contribution >= 4 is 23.4 Å². The van der Waals surface area contributed by atoms with Gasteiger partial charge >= 0.3 is 0 Å². The Kier molecular flexibility index (Phi) is 8.46. The number of amides is 2. The molecule has 1 aliphatic rings. The van der Waals surface area contributed by atoms with Crippen molar-refractivity contribution in [2.24, 2.45) is 5.92 Å². The van der Waals surface area contributed by atoms with Crippen molar-refractivity contribution in [2.75, 3.05) is 26.9 Å². The Labute approximate surface area is 188 Å². The van der Waals surface area contributed by atoms with Gasteiger partial charge in [0, 0.05) is 31.6 Å². The lowest BCUT2D eigenvalue weighted by molar-refractivity contribution is -0.128. The van der Waals surface area contributed by atoms with Gasteiger partial charge in [-0.15, -0.1) is 0 Å². The Morgan fingerprint density at radius 3 is 2.65 bits per heavy atom. The molecule has 2 aromatic carbocycles. The van der Waals surface area contributed by atoms with Gasteiger partial charge in [-0.25, -0.2) is 0 Å². The molecule has 166 valence electrons. The standard InChI is InChI=1S/C24H29ClN2O4/c1-3-30-10-11-31-16-18-7-4-6-17(12-18)15-26-24(29)21-14-22(28)27(2)23(21)19-8-5-9-20(25)13-19/h4-9,12-13,21,23H,3,10-11,14-16H2,1-2H3,(H,26,29). The summed E-state index contributed by atoms with van der Waals surface area (Å²) in [5, 5.41) is 3.58. The number of carbonyl (C=O) groups is 2. The van der Waals surface area contributed by atoms with Gasteiger partial charge in [0.25, 0.3) is 0 Å². The van der Waals surface area contributed by atoms with Crippen LogP contribution in [-0.2, 0) is 32.2 Å². The number of rotatable bonds is 10. The molecule has 6 nitrogen and oxygen atoms in total. The Morgan fingerprint density at radius 2 is 1.87 bits per heavy atom. The van der Waals surface area contributed by atoms with Crippen LogP contribution in [0.2, 0.25) is 5.02 Å². The molecule has 0 spiro atoms. The number of hydrogen-bond acceptors (Lipinski definition) is 4. The Morgan fingerprint density at radius 1 is 1.13 bits per heavy atom. The van der Waals surface area contributed by atoms with Gasteiger partial charge in [0.15, 0.2) is 0 Å². The van der Waals surface area contributed by atoms with Gasteiger partial charge in [0.2, 0.25) is 11.8 Å². The van der Waals surface area contributed by atoms with Crippen LogP contribution < -0.4 is 5.32 Å². The maximum atomic E-state index is 13.0. The van der Waals surface area contributed by atoms with Gasteiger partial charge in [0.05, 0.1) is 31.8 Å². The topological polar surface area (TPSA) is 67.9 Å². The lowest BCUT2D eigenvalue weighted by atomic mass is 9.93. The van der Waals surface area contributed by atoms with Crippen LogP contribution in [0.25, 0.3) is 0 Å². The highest BCUT2D eigenvalue weighted by atomic mass is 35.5. The van der Waals surface area contributed by atoms with Gasteiger partial charge in [-0.1, -0.05) is 48.0 Å². The van der Waals surface area contributed by atoms with E-state index >= 15 is 0 Å². The fraction of sp³-hybridized carbons (Fsp3) is 0.417. The minimum absolute atomic E-state index is 0.0451. The zero-order chi connectivity index (χ0) is 22.2. The summed E-state index contributed by atoms with van der Waals surface area (Å²) in [6.07, 6.45) is 0.188. The largest absolute Gasteiger partial charge is 0.379 e. The predicted octanol–water partition coefficient (Wildman–Crippen LogP) is 3.73. The van der Waals surface area contributed by atoms with E-state index in [4.69, 9.17) is 21.1 Å². The first-order valence-corrected chi connectivity index (χ1v) is 10.9. The van der Waals surface area contributed by atoms with E-state index in [2.05, 4.69) is 5.32 Å². The van der Waals surface area contributed by atoms with Gasteiger partial charge in [-0.3, -0.25) is 9.59 Å². The summed E-state index contributed by atoms with van der Waals surface area (Å²) in [6, 6.07) is 14.9. The molecular formula is C24H29ClN2O4. The summed E-state index contributed by atoms with van der Waals surface area (Å²) in [5.74, 6) is -0.640. The fourth-order valence-corrected chi connectivity index (χ4v) is 4.05. The first-order valence-electron chi connectivity index (χ1n) is 10.5. The monoisotopic (exact) mass is 444 g/mol. The SMILES string of the molecule is CCOCCOCc1cccc(CNC(=O)C2CC(=O)N(C)C2c2cccc(Cl)c2)c1. The number of likely N-dealkylation sites (tertiary alicyclic amines) is 1. The van der Waals surface area contributed by atoms with E-state index in [0.29, 0.717) is 38.0 Å². The van der Waals surface area contributed by atoms with Crippen molar-refractivity contribution < 1.29 is 19.1 Å². The van der Waals surface area contributed by atoms with Crippen molar-refractivity contribution in [3.05, 3.63) is 70.2 Å². The molecule has 0 aromatic heterocycles. The van der Waals surface area contributed by atoms with E-state index < -0.39 is 5.92 Å². The minimum atomic E-state index is -0.457. The molecule has 0 saturated carbocycles. The van der Waals surface area contributed by atoms with Crippen LogP contribution in [0.15, 0.2) is 48.5 Å². The molecule has 1 saturated heterocycles. The molecule has 2 amide bonds. The number of carbonyl (C=O) groups excluding carboxylic acids is 2. The zero-order valence-electron chi connectivity index (χ0n) is 18.0. The normalized spacial score (nSPS) is 18.4. The van der Waals surface area contributed by atoms with E-state index in [-0.39, 0.29) is 24.3 Å². The third kappa shape index (κ3) is 6.29. The summed E-state index contributed by atoms with van der Waals surface area (Å²) >= 11 is 6.13. The molecule has 1 fully saturated rings. The van der Waals surface area contributed by atoms with Gasteiger partial charge < -0.3 is 19.7 Å². The predicted molar refractivity (Wildman–Crippen MR) is 120 cm³/mol. The highest BCUT2D eigenvalue weighted by Crippen LogP contribution is 2.37. The summed E-state index contributed by atoms with van der Waals surface area (Å²) in [5.41, 5.74) is 2.89. The second-order valence-corrected chi connectivity index (χ2v) is 8.04. The van der Waals surface area contributed by atoms with Crippen molar-refractivity contribution in [1.29, 1.82) is 0 Å². The van der Waals surface area contributed by atoms with Crippen molar-refractivity contribution in [2.45, 2.75) is 32.5 Å². The molecule has 2 aromatic rings. The third-order valence-corrected chi connectivity index (χ3v) is 5.65. The number of nitrogens with zero attached hydrogens (tertiary/aromatic N) is 1. The molecule has 31 heavy (non-hydrogen) atoms. The van der Waals surface area contributed by atoms with E-state index in [1.165, 1.54) is 0 Å². The molecule has 3 rings (SSSR count). The summed E-state index contributed by atoms with van der Waals surface area (Å²) in [6.45, 7) is 4.64. The van der Waals surface area contributed by atoms with Crippen molar-refractivity contribution in [1.82, 2.24) is 10.2 Å². The summed E-state index contributed by atoms with van der Waals surface area (Å²) in [7, 11) is 1.73. The smallest absolute Gasteiger partial charge is 0.226 e. The van der Waals surface area contributed by atoms with Crippen LogP contribution in [-0.4, -0.2) is 43.6 Å².